The largest absolute Gasteiger partial charge is 0.501 e. The number of sulfonamides is 1. The van der Waals surface area contributed by atoms with Crippen LogP contribution in [-0.2, 0) is 24.6 Å². The molecule has 2 atom stereocenters. The Morgan fingerprint density at radius 1 is 0.827 bits per heavy atom. The van der Waals surface area contributed by atoms with Crippen molar-refractivity contribution in [2.24, 2.45) is 10.8 Å². The van der Waals surface area contributed by atoms with Gasteiger partial charge in [0.25, 0.3) is 25.8 Å². The van der Waals surface area contributed by atoms with Crippen LogP contribution in [-0.4, -0.2) is 153 Å². The highest BCUT2D eigenvalue weighted by Crippen LogP contribution is 2.45. The molecule has 13 nitrogen and oxygen atoms in total. The van der Waals surface area contributed by atoms with Gasteiger partial charge in [-0.2, -0.15) is 13.2 Å². The van der Waals surface area contributed by atoms with E-state index in [9.17, 15) is 34.8 Å². The molecule has 4 aromatic rings. The summed E-state index contributed by atoms with van der Waals surface area (Å²) in [6.07, 6.45) is 6.18. The predicted molar refractivity (Wildman–Crippen MR) is 294 cm³/mol. The highest BCUT2D eigenvalue weighted by atomic mass is 35.5. The Morgan fingerprint density at radius 3 is 2.15 bits per heavy atom. The number of carbonyl (C=O) groups is 1. The van der Waals surface area contributed by atoms with Gasteiger partial charge in [-0.15, -0.1) is 24.2 Å². The van der Waals surface area contributed by atoms with Crippen LogP contribution in [0.5, 0.6) is 0 Å². The lowest BCUT2D eigenvalue weighted by Gasteiger charge is -2.50. The summed E-state index contributed by atoms with van der Waals surface area (Å²) in [6.45, 7) is 15.2. The van der Waals surface area contributed by atoms with Crippen molar-refractivity contribution < 1.29 is 39.5 Å². The van der Waals surface area contributed by atoms with E-state index in [-0.39, 0.29) is 23.4 Å². The first kappa shape index (κ1) is 57.3. The Hall–Kier alpha value is -3.89. The van der Waals surface area contributed by atoms with Crippen LogP contribution >= 0.6 is 35.8 Å². The molecule has 408 valence electrons. The number of ether oxygens (including phenoxy) is 1. The van der Waals surface area contributed by atoms with Crippen molar-refractivity contribution in [3.8, 4) is 0 Å². The van der Waals surface area contributed by atoms with Gasteiger partial charge in [0.2, 0.25) is 0 Å². The number of benzene rings is 4. The first-order chi connectivity index (χ1) is 35.4. The van der Waals surface area contributed by atoms with E-state index >= 15 is 0 Å². The van der Waals surface area contributed by atoms with Gasteiger partial charge < -0.3 is 25.2 Å². The number of halogens is 5. The van der Waals surface area contributed by atoms with Crippen molar-refractivity contribution in [3.63, 3.8) is 0 Å². The van der Waals surface area contributed by atoms with Crippen LogP contribution in [0.25, 0.3) is 5.57 Å². The number of piperidine rings is 1. The average molecular weight is 1140 g/mol. The molecule has 4 saturated heterocycles. The second kappa shape index (κ2) is 24.4. The van der Waals surface area contributed by atoms with Crippen LogP contribution in [0.15, 0.2) is 117 Å². The van der Waals surface area contributed by atoms with Crippen LogP contribution < -0.4 is 20.3 Å². The van der Waals surface area contributed by atoms with Gasteiger partial charge in [-0.05, 0) is 140 Å². The first-order valence-electron chi connectivity index (χ1n) is 25.6. The van der Waals surface area contributed by atoms with Crippen LogP contribution in [0.4, 0.5) is 24.5 Å². The maximum Gasteiger partial charge on any atom is 0.501 e. The van der Waals surface area contributed by atoms with E-state index in [1.54, 1.807) is 12.1 Å². The summed E-state index contributed by atoms with van der Waals surface area (Å²) in [5.41, 5.74) is -0.456. The third-order valence-electron chi connectivity index (χ3n) is 15.6. The van der Waals surface area contributed by atoms with Gasteiger partial charge in [-0.3, -0.25) is 14.6 Å². The van der Waals surface area contributed by atoms with Crippen molar-refractivity contribution in [2.75, 3.05) is 114 Å². The third kappa shape index (κ3) is 14.2. The number of nitrogens with zero attached hydrogens (tertiary/aromatic N) is 4. The lowest BCUT2D eigenvalue weighted by molar-refractivity contribution is -0.0435. The number of sulfone groups is 1. The maximum absolute atomic E-state index is 14.3. The zero-order chi connectivity index (χ0) is 52.1. The van der Waals surface area contributed by atoms with E-state index in [0.29, 0.717) is 56.5 Å². The number of likely N-dealkylation sites (tertiary alicyclic amines) is 1. The third-order valence-corrected chi connectivity index (χ3v) is 19.9. The minimum atomic E-state index is -6.06. The number of alkyl halides is 3. The fourth-order valence-electron chi connectivity index (χ4n) is 11.1. The molecule has 0 saturated carbocycles. The minimum Gasteiger partial charge on any atom is -0.380 e. The van der Waals surface area contributed by atoms with E-state index in [1.807, 2.05) is 47.2 Å². The number of thioether (sulfide) groups is 1. The zero-order valence-corrected chi connectivity index (χ0v) is 46.3. The number of amides is 1. The molecule has 1 amide bonds. The standard InChI is InChI=1S/C54H67ClF3N7O6S3.ClH/c1-52(39-64-23-20-53(21-24-64)37-59-38-53)19-17-48(40-7-11-43(55)12-8-40)42(34-52)35-63-25-27-65(28-26-63)45-13-9-41(10-14-45)51(66)61-74(69,70)47-15-16-49(50(33-47)73(67,68)54(56,57)58)60-44(18-22-62-29-31-71-32-30-62)36-72-46-5-3-2-4-6-46;/h2-16,33,44,59-60H,17-32,34-39H2,1H3,(H,61,66);1H. The SMILES string of the molecule is CC1(CN2CCC3(CC2)CNC3)CCC(c2ccc(Cl)cc2)=C(CN2CCN(c3ccc(C(=O)NS(=O)(=O)c4ccc(NC(CCN5CCOCC5)CSc5ccccc5)c(S(=O)(=O)C(F)(F)F)c4)cc3)CC2)C1.Cl. The fraction of sp³-hybridized carbons (Fsp3) is 0.500. The number of nitrogens with one attached hydrogen (secondary N) is 3. The molecular weight excluding hydrogens is 1070 g/mol. The molecule has 0 radical (unpaired) electrons. The number of allylic oxidation sites excluding steroid dienone is 1. The van der Waals surface area contributed by atoms with E-state index in [0.717, 1.165) is 112 Å². The van der Waals surface area contributed by atoms with E-state index in [1.165, 1.54) is 53.4 Å². The number of carbonyl (C=O) groups excluding carboxylic acids is 1. The molecular formula is C54H68Cl2F3N7O6S3. The molecule has 1 aliphatic carbocycles. The molecule has 3 N–H and O–H groups in total. The Balaban J connectivity index is 0.00000747. The van der Waals surface area contributed by atoms with E-state index in [2.05, 4.69) is 49.3 Å². The predicted octanol–water partition coefficient (Wildman–Crippen LogP) is 8.92. The van der Waals surface area contributed by atoms with Gasteiger partial charge in [0.05, 0.1) is 23.8 Å². The molecule has 1 spiro atoms. The number of anilines is 2. The molecule has 9 rings (SSSR count). The summed E-state index contributed by atoms with van der Waals surface area (Å²) >= 11 is 7.77. The number of piperazine rings is 1. The van der Waals surface area contributed by atoms with Gasteiger partial charge in [-0.1, -0.05) is 54.4 Å². The Labute approximate surface area is 455 Å². The van der Waals surface area contributed by atoms with Crippen molar-refractivity contribution in [1.82, 2.24) is 24.7 Å². The molecule has 4 fully saturated rings. The Morgan fingerprint density at radius 2 is 1.51 bits per heavy atom. The second-order valence-electron chi connectivity index (χ2n) is 21.0. The van der Waals surface area contributed by atoms with Gasteiger partial charge in [0, 0.05) is 105 Å². The Kier molecular flexibility index (Phi) is 18.7. The van der Waals surface area contributed by atoms with Crippen molar-refractivity contribution >= 4 is 78.5 Å². The second-order valence-corrected chi connectivity index (χ2v) is 26.1. The smallest absolute Gasteiger partial charge is 0.380 e. The van der Waals surface area contributed by atoms with Gasteiger partial charge in [0.15, 0.2) is 0 Å². The summed E-state index contributed by atoms with van der Waals surface area (Å²) < 4.78 is 104. The first-order valence-corrected chi connectivity index (χ1v) is 29.9. The summed E-state index contributed by atoms with van der Waals surface area (Å²) in [5.74, 6) is -0.651. The molecule has 5 aliphatic rings. The lowest BCUT2D eigenvalue weighted by atomic mass is 9.69. The molecule has 75 heavy (non-hydrogen) atoms. The van der Waals surface area contributed by atoms with Crippen LogP contribution in [0.2, 0.25) is 5.02 Å². The van der Waals surface area contributed by atoms with Gasteiger partial charge in [0.1, 0.15) is 4.90 Å². The molecule has 0 aromatic heterocycles. The highest BCUT2D eigenvalue weighted by molar-refractivity contribution is 7.99. The number of hydrogen-bond donors (Lipinski definition) is 3. The van der Waals surface area contributed by atoms with Crippen LogP contribution in [0.3, 0.4) is 0 Å². The maximum atomic E-state index is 14.3. The summed E-state index contributed by atoms with van der Waals surface area (Å²) in [6, 6.07) is 26.1. The van der Waals surface area contributed by atoms with Crippen molar-refractivity contribution in [3.05, 3.63) is 119 Å². The normalized spacial score (nSPS) is 21.5. The van der Waals surface area contributed by atoms with Gasteiger partial charge in [-0.25, -0.2) is 21.6 Å². The minimum absolute atomic E-state index is 0. The van der Waals surface area contributed by atoms with Crippen LogP contribution in [0.1, 0.15) is 61.4 Å². The quantitative estimate of drug-likeness (QED) is 0.0818. The molecule has 0 bridgehead atoms. The number of morpholine rings is 1. The Bertz CT molecular complexity index is 2840. The molecule has 4 aromatic carbocycles. The highest BCUT2D eigenvalue weighted by Gasteiger charge is 2.49. The summed E-state index contributed by atoms with van der Waals surface area (Å²) in [7, 11) is -10.9. The molecule has 2 unspecified atom stereocenters. The molecule has 4 aliphatic heterocycles. The molecule has 21 heteroatoms. The monoisotopic (exact) mass is 1130 g/mol. The van der Waals surface area contributed by atoms with Crippen LogP contribution in [0, 0.1) is 10.8 Å². The summed E-state index contributed by atoms with van der Waals surface area (Å²) in [5, 5.41) is 7.21. The van der Waals surface area contributed by atoms with Crippen molar-refractivity contribution in [1.29, 1.82) is 0 Å². The number of rotatable bonds is 18. The van der Waals surface area contributed by atoms with Gasteiger partial charge >= 0.3 is 5.51 Å². The topological polar surface area (TPSA) is 144 Å². The summed E-state index contributed by atoms with van der Waals surface area (Å²) in [4.78, 5) is 21.9. The zero-order valence-electron chi connectivity index (χ0n) is 42.3. The number of hydrogen-bond acceptors (Lipinski definition) is 13. The molecule has 4 heterocycles. The van der Waals surface area contributed by atoms with E-state index < -0.39 is 52.8 Å². The lowest BCUT2D eigenvalue weighted by Crippen LogP contribution is -2.58. The van der Waals surface area contributed by atoms with E-state index in [4.69, 9.17) is 16.3 Å². The fourth-order valence-corrected chi connectivity index (χ4v) is 14.2. The van der Waals surface area contributed by atoms with Crippen molar-refractivity contribution in [2.45, 2.75) is 71.7 Å². The average Bonchev–Trinajstić information content (AvgIpc) is 3.38.